The summed E-state index contributed by atoms with van der Waals surface area (Å²) in [6.45, 7) is 7.21. The monoisotopic (exact) mass is 393 g/mol. The van der Waals surface area contributed by atoms with Crippen LogP contribution in [0.3, 0.4) is 0 Å². The Hall–Kier alpha value is -3.39. The molecule has 1 aliphatic heterocycles. The van der Waals surface area contributed by atoms with Crippen molar-refractivity contribution < 1.29 is 13.9 Å². The van der Waals surface area contributed by atoms with Crippen LogP contribution in [0.4, 0.5) is 23.1 Å². The van der Waals surface area contributed by atoms with Crippen LogP contribution in [0.2, 0.25) is 0 Å². The Morgan fingerprint density at radius 2 is 1.86 bits per heavy atom. The van der Waals surface area contributed by atoms with Crippen molar-refractivity contribution in [2.24, 2.45) is 0 Å². The minimum atomic E-state index is -0.451. The third kappa shape index (κ3) is 4.55. The van der Waals surface area contributed by atoms with Gasteiger partial charge in [-0.25, -0.2) is 0 Å². The molecule has 0 spiro atoms. The molecule has 0 aliphatic carbocycles. The molecule has 4 rings (SSSR count). The molecule has 0 atom stereocenters. The predicted octanol–water partition coefficient (Wildman–Crippen LogP) is 3.52. The first-order valence-electron chi connectivity index (χ1n) is 9.50. The summed E-state index contributed by atoms with van der Waals surface area (Å²) in [6.07, 6.45) is 0. The molecule has 2 heterocycles. The zero-order chi connectivity index (χ0) is 20.2. The number of ether oxygens (including phenoxy) is 1. The van der Waals surface area contributed by atoms with Crippen molar-refractivity contribution >= 4 is 29.0 Å². The molecule has 0 unspecified atom stereocenters. The summed E-state index contributed by atoms with van der Waals surface area (Å²) in [6, 6.07) is 13.7. The topological polar surface area (TPSA) is 92.5 Å². The van der Waals surface area contributed by atoms with Crippen LogP contribution in [-0.4, -0.2) is 42.4 Å². The molecular formula is C21H23N5O3. The lowest BCUT2D eigenvalue weighted by Gasteiger charge is -2.30. The summed E-state index contributed by atoms with van der Waals surface area (Å²) in [7, 11) is 0. The first-order chi connectivity index (χ1) is 14.1. The van der Waals surface area contributed by atoms with E-state index in [0.717, 1.165) is 48.8 Å². The zero-order valence-corrected chi connectivity index (χ0v) is 16.4. The van der Waals surface area contributed by atoms with Crippen LogP contribution in [0.15, 0.2) is 46.9 Å². The Labute approximate surface area is 168 Å². The second-order valence-corrected chi connectivity index (χ2v) is 6.96. The van der Waals surface area contributed by atoms with Gasteiger partial charge in [0.15, 0.2) is 0 Å². The number of rotatable bonds is 5. The van der Waals surface area contributed by atoms with Gasteiger partial charge in [0.2, 0.25) is 0 Å². The largest absolute Gasteiger partial charge is 0.399 e. The Kier molecular flexibility index (Phi) is 5.44. The van der Waals surface area contributed by atoms with Crippen LogP contribution >= 0.6 is 0 Å². The van der Waals surface area contributed by atoms with E-state index in [2.05, 4.69) is 25.7 Å². The fourth-order valence-electron chi connectivity index (χ4n) is 3.29. The minimum Gasteiger partial charge on any atom is -0.399 e. The second-order valence-electron chi connectivity index (χ2n) is 6.96. The Morgan fingerprint density at radius 1 is 1.03 bits per heavy atom. The number of anilines is 4. The van der Waals surface area contributed by atoms with E-state index in [4.69, 9.17) is 9.15 Å². The molecule has 8 nitrogen and oxygen atoms in total. The average Bonchev–Trinajstić information content (AvgIpc) is 3.17. The lowest BCUT2D eigenvalue weighted by Crippen LogP contribution is -2.36. The van der Waals surface area contributed by atoms with Crippen molar-refractivity contribution in [2.45, 2.75) is 13.8 Å². The Balaban J connectivity index is 1.41. The Bertz CT molecular complexity index is 1010. The number of carbonyl (C=O) groups is 1. The van der Waals surface area contributed by atoms with Gasteiger partial charge < -0.3 is 24.7 Å². The van der Waals surface area contributed by atoms with Crippen molar-refractivity contribution in [1.82, 2.24) is 10.2 Å². The summed E-state index contributed by atoms with van der Waals surface area (Å²) in [5.41, 5.74) is 4.82. The van der Waals surface area contributed by atoms with Gasteiger partial charge >= 0.3 is 17.8 Å². The van der Waals surface area contributed by atoms with Gasteiger partial charge in [-0.05, 0) is 55.3 Å². The number of nitrogens with zero attached hydrogens (tertiary/aromatic N) is 3. The summed E-state index contributed by atoms with van der Waals surface area (Å²) in [4.78, 5) is 14.8. The van der Waals surface area contributed by atoms with Gasteiger partial charge in [0.25, 0.3) is 0 Å². The maximum Gasteiger partial charge on any atom is 0.320 e. The number of morpholine rings is 1. The molecule has 1 amide bonds. The molecule has 0 bridgehead atoms. The van der Waals surface area contributed by atoms with Gasteiger partial charge in [-0.1, -0.05) is 17.2 Å². The van der Waals surface area contributed by atoms with Crippen molar-refractivity contribution in [3.63, 3.8) is 0 Å². The van der Waals surface area contributed by atoms with Crippen LogP contribution in [-0.2, 0) is 4.74 Å². The molecule has 2 aromatic carbocycles. The maximum absolute atomic E-state index is 12.5. The number of nitrogens with one attached hydrogen (secondary N) is 2. The van der Waals surface area contributed by atoms with Gasteiger partial charge in [-0.3, -0.25) is 4.79 Å². The molecule has 1 aromatic heterocycles. The van der Waals surface area contributed by atoms with E-state index in [-0.39, 0.29) is 11.9 Å². The minimum absolute atomic E-state index is 0.102. The van der Waals surface area contributed by atoms with Crippen LogP contribution < -0.4 is 15.5 Å². The molecule has 3 aromatic rings. The molecule has 150 valence electrons. The standard InChI is InChI=1S/C21H23N5O3/c1-14-4-3-5-16(12-14)23-21-25-24-20(29-21)19(27)22-17-6-7-18(15(2)13-17)26-8-10-28-11-9-26/h3-7,12-13H,8-11H2,1-2H3,(H,22,27)(H,23,25). The number of benzene rings is 2. The molecule has 8 heteroatoms. The lowest BCUT2D eigenvalue weighted by molar-refractivity contribution is 0.0991. The van der Waals surface area contributed by atoms with Crippen LogP contribution in [0.25, 0.3) is 0 Å². The second kappa shape index (κ2) is 8.32. The average molecular weight is 393 g/mol. The molecule has 2 N–H and O–H groups in total. The smallest absolute Gasteiger partial charge is 0.320 e. The third-order valence-corrected chi connectivity index (χ3v) is 4.70. The summed E-state index contributed by atoms with van der Waals surface area (Å²) in [5.74, 6) is -0.552. The van der Waals surface area contributed by atoms with E-state index in [0.29, 0.717) is 5.69 Å². The number of amides is 1. The highest BCUT2D eigenvalue weighted by Crippen LogP contribution is 2.25. The lowest BCUT2D eigenvalue weighted by atomic mass is 10.1. The van der Waals surface area contributed by atoms with Crippen molar-refractivity contribution in [2.75, 3.05) is 41.8 Å². The van der Waals surface area contributed by atoms with Crippen LogP contribution in [0, 0.1) is 13.8 Å². The fraction of sp³-hybridized carbons (Fsp3) is 0.286. The van der Waals surface area contributed by atoms with E-state index in [1.807, 2.05) is 56.3 Å². The number of carbonyl (C=O) groups excluding carboxylic acids is 1. The van der Waals surface area contributed by atoms with Crippen LogP contribution in [0.1, 0.15) is 21.8 Å². The number of hydrogen-bond acceptors (Lipinski definition) is 7. The summed E-state index contributed by atoms with van der Waals surface area (Å²) < 4.78 is 10.8. The van der Waals surface area contributed by atoms with Crippen molar-refractivity contribution in [1.29, 1.82) is 0 Å². The van der Waals surface area contributed by atoms with E-state index in [9.17, 15) is 4.79 Å². The SMILES string of the molecule is Cc1cccc(Nc2nnc(C(=O)Nc3ccc(N4CCOCC4)c(C)c3)o2)c1. The quantitative estimate of drug-likeness (QED) is 0.685. The van der Waals surface area contributed by atoms with E-state index in [1.54, 1.807) is 0 Å². The highest BCUT2D eigenvalue weighted by molar-refractivity contribution is 6.01. The molecule has 1 fully saturated rings. The molecule has 0 radical (unpaired) electrons. The van der Waals surface area contributed by atoms with E-state index in [1.165, 1.54) is 0 Å². The van der Waals surface area contributed by atoms with Gasteiger partial charge in [-0.2, -0.15) is 0 Å². The van der Waals surface area contributed by atoms with E-state index >= 15 is 0 Å². The molecule has 0 saturated carbocycles. The fourth-order valence-corrected chi connectivity index (χ4v) is 3.29. The molecular weight excluding hydrogens is 370 g/mol. The molecule has 1 saturated heterocycles. The molecule has 1 aliphatic rings. The van der Waals surface area contributed by atoms with Gasteiger partial charge in [-0.15, -0.1) is 5.10 Å². The Morgan fingerprint density at radius 3 is 2.62 bits per heavy atom. The zero-order valence-electron chi connectivity index (χ0n) is 16.4. The third-order valence-electron chi connectivity index (χ3n) is 4.70. The number of aryl methyl sites for hydroxylation is 2. The first kappa shape index (κ1) is 18.9. The maximum atomic E-state index is 12.5. The van der Waals surface area contributed by atoms with Gasteiger partial charge in [0.1, 0.15) is 0 Å². The predicted molar refractivity (Wildman–Crippen MR) is 111 cm³/mol. The number of hydrogen-bond donors (Lipinski definition) is 2. The van der Waals surface area contributed by atoms with Crippen LogP contribution in [0.5, 0.6) is 0 Å². The van der Waals surface area contributed by atoms with Crippen molar-refractivity contribution in [3.05, 3.63) is 59.5 Å². The van der Waals surface area contributed by atoms with Gasteiger partial charge in [0.05, 0.1) is 13.2 Å². The summed E-state index contributed by atoms with van der Waals surface area (Å²) >= 11 is 0. The molecule has 29 heavy (non-hydrogen) atoms. The van der Waals surface area contributed by atoms with Crippen molar-refractivity contribution in [3.8, 4) is 0 Å². The van der Waals surface area contributed by atoms with Gasteiger partial charge in [0, 0.05) is 30.2 Å². The van der Waals surface area contributed by atoms with E-state index < -0.39 is 5.91 Å². The normalized spacial score (nSPS) is 13.9. The summed E-state index contributed by atoms with van der Waals surface area (Å²) in [5, 5.41) is 13.5. The highest BCUT2D eigenvalue weighted by Gasteiger charge is 2.17. The number of aromatic nitrogens is 2. The first-order valence-corrected chi connectivity index (χ1v) is 9.50. The highest BCUT2D eigenvalue weighted by atomic mass is 16.5.